The van der Waals surface area contributed by atoms with Crippen LogP contribution in [0.25, 0.3) is 0 Å². The van der Waals surface area contributed by atoms with Crippen LogP contribution in [0.15, 0.2) is 12.1 Å². The van der Waals surface area contributed by atoms with E-state index in [1.807, 2.05) is 0 Å². The highest BCUT2D eigenvalue weighted by atomic mass is 35.5. The number of aliphatic hydroxyl groups is 2. The highest BCUT2D eigenvalue weighted by Gasteiger charge is 2.15. The van der Waals surface area contributed by atoms with Gasteiger partial charge in [-0.25, -0.2) is 4.79 Å². The number of hydrogen-bond acceptors (Lipinski definition) is 4. The molecule has 94 valence electrons. The Labute approximate surface area is 104 Å². The summed E-state index contributed by atoms with van der Waals surface area (Å²) >= 11 is 5.89. The first-order valence-corrected chi connectivity index (χ1v) is 5.40. The zero-order chi connectivity index (χ0) is 13.0. The molecule has 0 aliphatic carbocycles. The third kappa shape index (κ3) is 3.33. The summed E-state index contributed by atoms with van der Waals surface area (Å²) in [6.45, 7) is 1.34. The monoisotopic (exact) mass is 259 g/mol. The van der Waals surface area contributed by atoms with E-state index in [0.29, 0.717) is 16.3 Å². The molecule has 1 rings (SSSR count). The molecule has 0 fully saturated rings. The van der Waals surface area contributed by atoms with Gasteiger partial charge in [-0.1, -0.05) is 11.6 Å². The fraction of sp³-hybridized carbons (Fsp3) is 0.364. The van der Waals surface area contributed by atoms with Crippen LogP contribution in [0.3, 0.4) is 0 Å². The molecular weight excluding hydrogens is 246 g/mol. The molecule has 17 heavy (non-hydrogen) atoms. The normalized spacial score (nSPS) is 12.2. The Morgan fingerprint density at radius 3 is 2.71 bits per heavy atom. The quantitative estimate of drug-likeness (QED) is 0.636. The van der Waals surface area contributed by atoms with Crippen molar-refractivity contribution in [1.29, 1.82) is 0 Å². The summed E-state index contributed by atoms with van der Waals surface area (Å²) < 4.78 is 0. The van der Waals surface area contributed by atoms with Crippen molar-refractivity contribution in [2.75, 3.05) is 18.5 Å². The molecule has 1 aromatic rings. The lowest BCUT2D eigenvalue weighted by atomic mass is 10.1. The van der Waals surface area contributed by atoms with Gasteiger partial charge in [0.25, 0.3) is 0 Å². The van der Waals surface area contributed by atoms with E-state index in [2.05, 4.69) is 5.32 Å². The Hall–Kier alpha value is -1.30. The van der Waals surface area contributed by atoms with Crippen LogP contribution in [0.2, 0.25) is 5.02 Å². The summed E-state index contributed by atoms with van der Waals surface area (Å²) in [6.07, 6.45) is -0.949. The molecule has 1 aromatic carbocycles. The molecule has 0 aliphatic heterocycles. The molecule has 6 heteroatoms. The zero-order valence-corrected chi connectivity index (χ0v) is 10.0. The minimum Gasteiger partial charge on any atom is -0.478 e. The smallest absolute Gasteiger partial charge is 0.337 e. The summed E-state index contributed by atoms with van der Waals surface area (Å²) in [5.41, 5.74) is 1.03. The first-order chi connectivity index (χ1) is 7.97. The molecule has 0 spiro atoms. The third-order valence-corrected chi connectivity index (χ3v) is 2.76. The van der Waals surface area contributed by atoms with Crippen molar-refractivity contribution in [3.8, 4) is 0 Å². The molecular formula is C11H14ClNO4. The van der Waals surface area contributed by atoms with Gasteiger partial charge in [0.1, 0.15) is 0 Å². The average Bonchev–Trinajstić information content (AvgIpc) is 2.30. The van der Waals surface area contributed by atoms with E-state index in [4.69, 9.17) is 21.8 Å². The number of carboxylic acids is 1. The highest BCUT2D eigenvalue weighted by molar-refractivity contribution is 6.32. The fourth-order valence-corrected chi connectivity index (χ4v) is 1.53. The second-order valence-corrected chi connectivity index (χ2v) is 4.02. The number of benzene rings is 1. The van der Waals surface area contributed by atoms with Gasteiger partial charge in [-0.3, -0.25) is 0 Å². The van der Waals surface area contributed by atoms with Crippen molar-refractivity contribution >= 4 is 23.3 Å². The van der Waals surface area contributed by atoms with Gasteiger partial charge in [-0.05, 0) is 24.6 Å². The average molecular weight is 260 g/mol. The Morgan fingerprint density at radius 2 is 2.18 bits per heavy atom. The minimum atomic E-state index is -1.08. The third-order valence-electron chi connectivity index (χ3n) is 2.35. The Balaban J connectivity index is 3.02. The molecule has 4 N–H and O–H groups in total. The molecule has 0 aliphatic rings. The van der Waals surface area contributed by atoms with E-state index in [1.165, 1.54) is 12.1 Å². The Morgan fingerprint density at radius 1 is 1.53 bits per heavy atom. The summed E-state index contributed by atoms with van der Waals surface area (Å²) in [6, 6.07) is 2.90. The molecule has 1 unspecified atom stereocenters. The van der Waals surface area contributed by atoms with E-state index < -0.39 is 18.7 Å². The van der Waals surface area contributed by atoms with E-state index in [9.17, 15) is 9.90 Å². The molecule has 0 bridgehead atoms. The number of aliphatic hydroxyl groups excluding tert-OH is 2. The molecule has 0 saturated carbocycles. The number of rotatable bonds is 5. The summed E-state index contributed by atoms with van der Waals surface area (Å²) in [5, 5.41) is 30.1. The number of aromatic carboxylic acids is 1. The number of carbonyl (C=O) groups is 1. The Bertz CT molecular complexity index is 422. The molecule has 0 aromatic heterocycles. The van der Waals surface area contributed by atoms with Crippen molar-refractivity contribution in [3.05, 3.63) is 28.3 Å². The second kappa shape index (κ2) is 5.86. The van der Waals surface area contributed by atoms with Gasteiger partial charge in [0.05, 0.1) is 24.0 Å². The number of halogens is 1. The first-order valence-electron chi connectivity index (χ1n) is 5.02. The van der Waals surface area contributed by atoms with Crippen LogP contribution >= 0.6 is 11.6 Å². The molecule has 0 saturated heterocycles. The summed E-state index contributed by atoms with van der Waals surface area (Å²) in [5.74, 6) is -1.08. The number of hydrogen-bond donors (Lipinski definition) is 4. The van der Waals surface area contributed by atoms with E-state index in [-0.39, 0.29) is 12.1 Å². The van der Waals surface area contributed by atoms with Gasteiger partial charge in [-0.15, -0.1) is 0 Å². The van der Waals surface area contributed by atoms with Crippen molar-refractivity contribution in [2.45, 2.75) is 13.0 Å². The second-order valence-electron chi connectivity index (χ2n) is 3.62. The fourth-order valence-electron chi connectivity index (χ4n) is 1.38. The maximum atomic E-state index is 11.0. The lowest BCUT2D eigenvalue weighted by Gasteiger charge is -2.15. The van der Waals surface area contributed by atoms with Gasteiger partial charge < -0.3 is 20.6 Å². The van der Waals surface area contributed by atoms with Crippen molar-refractivity contribution < 1.29 is 20.1 Å². The maximum Gasteiger partial charge on any atom is 0.337 e. The first kappa shape index (κ1) is 13.8. The van der Waals surface area contributed by atoms with Crippen LogP contribution in [0, 0.1) is 6.92 Å². The van der Waals surface area contributed by atoms with Gasteiger partial charge in [-0.2, -0.15) is 0 Å². The lowest BCUT2D eigenvalue weighted by Crippen LogP contribution is -2.24. The molecule has 0 amide bonds. The molecule has 1 atom stereocenters. The predicted octanol–water partition coefficient (Wildman–Crippen LogP) is 1.11. The van der Waals surface area contributed by atoms with Crippen LogP contribution in [0.1, 0.15) is 15.9 Å². The predicted molar refractivity (Wildman–Crippen MR) is 64.7 cm³/mol. The van der Waals surface area contributed by atoms with Crippen LogP contribution in [0.5, 0.6) is 0 Å². The maximum absolute atomic E-state index is 11.0. The molecule has 0 radical (unpaired) electrons. The van der Waals surface area contributed by atoms with Crippen LogP contribution < -0.4 is 5.32 Å². The minimum absolute atomic E-state index is 0.0535. The van der Waals surface area contributed by atoms with Crippen LogP contribution in [-0.4, -0.2) is 40.5 Å². The SMILES string of the molecule is Cc1c(Cl)ccc(C(=O)O)c1NCC(O)CO. The summed E-state index contributed by atoms with van der Waals surface area (Å²) in [7, 11) is 0. The lowest BCUT2D eigenvalue weighted by molar-refractivity contribution is 0.0697. The van der Waals surface area contributed by atoms with E-state index in [1.54, 1.807) is 6.92 Å². The van der Waals surface area contributed by atoms with Crippen molar-refractivity contribution in [2.24, 2.45) is 0 Å². The molecule has 5 nitrogen and oxygen atoms in total. The summed E-state index contributed by atoms with van der Waals surface area (Å²) in [4.78, 5) is 11.0. The van der Waals surface area contributed by atoms with Gasteiger partial charge in [0.2, 0.25) is 0 Å². The Kier molecular flexibility index (Phi) is 4.74. The number of carboxylic acid groups (broad SMARTS) is 1. The van der Waals surface area contributed by atoms with E-state index in [0.717, 1.165) is 0 Å². The number of nitrogens with one attached hydrogen (secondary N) is 1. The van der Waals surface area contributed by atoms with Gasteiger partial charge in [0.15, 0.2) is 0 Å². The van der Waals surface area contributed by atoms with Crippen LogP contribution in [-0.2, 0) is 0 Å². The van der Waals surface area contributed by atoms with Crippen molar-refractivity contribution in [1.82, 2.24) is 0 Å². The van der Waals surface area contributed by atoms with Crippen LogP contribution in [0.4, 0.5) is 5.69 Å². The highest BCUT2D eigenvalue weighted by Crippen LogP contribution is 2.27. The topological polar surface area (TPSA) is 89.8 Å². The van der Waals surface area contributed by atoms with Gasteiger partial charge >= 0.3 is 5.97 Å². The van der Waals surface area contributed by atoms with E-state index >= 15 is 0 Å². The van der Waals surface area contributed by atoms with Gasteiger partial charge in [0, 0.05) is 11.6 Å². The molecule has 0 heterocycles. The number of anilines is 1. The van der Waals surface area contributed by atoms with Crippen molar-refractivity contribution in [3.63, 3.8) is 0 Å². The largest absolute Gasteiger partial charge is 0.478 e. The standard InChI is InChI=1S/C11H14ClNO4/c1-6-9(12)3-2-8(11(16)17)10(6)13-4-7(15)5-14/h2-3,7,13-15H,4-5H2,1H3,(H,16,17). The zero-order valence-electron chi connectivity index (χ0n) is 9.27.